The third-order valence-electron chi connectivity index (χ3n) is 4.14. The number of benzene rings is 3. The molecule has 0 saturated carbocycles. The number of amides is 1. The number of halogens is 3. The lowest BCUT2D eigenvalue weighted by Gasteiger charge is -2.09. The third-order valence-corrected chi connectivity index (χ3v) is 4.14. The van der Waals surface area contributed by atoms with Crippen LogP contribution in [0.1, 0.15) is 15.9 Å². The van der Waals surface area contributed by atoms with Crippen LogP contribution in [-0.4, -0.2) is 10.9 Å². The number of carbonyl (C=O) groups excluding carboxylic acids is 1. The SMILES string of the molecule is O=C(Nc1ccc(-c2nc3ccccc3o2)cc1)c1cccc(C(F)(F)F)c1. The molecule has 4 aromatic rings. The number of anilines is 1. The number of para-hydroxylation sites is 2. The first kappa shape index (κ1) is 17.8. The molecule has 0 aliphatic heterocycles. The number of aromatic nitrogens is 1. The molecule has 3 aromatic carbocycles. The Balaban J connectivity index is 1.52. The Morgan fingerprint density at radius 2 is 1.68 bits per heavy atom. The second kappa shape index (κ2) is 6.84. The van der Waals surface area contributed by atoms with Crippen molar-refractivity contribution in [2.45, 2.75) is 6.18 Å². The quantitative estimate of drug-likeness (QED) is 0.490. The van der Waals surface area contributed by atoms with E-state index in [4.69, 9.17) is 4.42 Å². The van der Waals surface area contributed by atoms with Gasteiger partial charge in [0.1, 0.15) is 5.52 Å². The van der Waals surface area contributed by atoms with Gasteiger partial charge in [-0.05, 0) is 54.6 Å². The van der Waals surface area contributed by atoms with Crippen LogP contribution in [0.2, 0.25) is 0 Å². The molecule has 0 aliphatic carbocycles. The van der Waals surface area contributed by atoms with E-state index in [9.17, 15) is 18.0 Å². The number of fused-ring (bicyclic) bond motifs is 1. The van der Waals surface area contributed by atoms with Gasteiger partial charge in [-0.15, -0.1) is 0 Å². The molecule has 4 nitrogen and oxygen atoms in total. The van der Waals surface area contributed by atoms with Crippen LogP contribution in [0.25, 0.3) is 22.6 Å². The number of rotatable bonds is 3. The Bertz CT molecular complexity index is 1120. The summed E-state index contributed by atoms with van der Waals surface area (Å²) in [4.78, 5) is 16.6. The molecule has 0 bridgehead atoms. The van der Waals surface area contributed by atoms with Crippen LogP contribution in [-0.2, 0) is 6.18 Å². The Labute approximate surface area is 157 Å². The molecule has 1 aromatic heterocycles. The highest BCUT2D eigenvalue weighted by molar-refractivity contribution is 6.04. The molecule has 0 radical (unpaired) electrons. The Kier molecular flexibility index (Phi) is 4.35. The van der Waals surface area contributed by atoms with Gasteiger partial charge >= 0.3 is 6.18 Å². The highest BCUT2D eigenvalue weighted by Crippen LogP contribution is 2.30. The lowest BCUT2D eigenvalue weighted by Crippen LogP contribution is -2.13. The lowest BCUT2D eigenvalue weighted by atomic mass is 10.1. The van der Waals surface area contributed by atoms with E-state index in [1.807, 2.05) is 24.3 Å². The molecule has 0 aliphatic rings. The fourth-order valence-corrected chi connectivity index (χ4v) is 2.73. The van der Waals surface area contributed by atoms with E-state index in [1.165, 1.54) is 12.1 Å². The summed E-state index contributed by atoms with van der Waals surface area (Å²) in [6.45, 7) is 0. The highest BCUT2D eigenvalue weighted by atomic mass is 19.4. The lowest BCUT2D eigenvalue weighted by molar-refractivity contribution is -0.137. The maximum Gasteiger partial charge on any atom is 0.416 e. The van der Waals surface area contributed by atoms with E-state index in [2.05, 4.69) is 10.3 Å². The Hall–Kier alpha value is -3.61. The van der Waals surface area contributed by atoms with Gasteiger partial charge in [0.2, 0.25) is 5.89 Å². The number of nitrogens with one attached hydrogen (secondary N) is 1. The summed E-state index contributed by atoms with van der Waals surface area (Å²) in [5.74, 6) is -0.183. The molecular weight excluding hydrogens is 369 g/mol. The maximum absolute atomic E-state index is 12.8. The van der Waals surface area contributed by atoms with Crippen molar-refractivity contribution in [3.8, 4) is 11.5 Å². The molecule has 0 spiro atoms. The topological polar surface area (TPSA) is 55.1 Å². The second-order valence-electron chi connectivity index (χ2n) is 6.10. The monoisotopic (exact) mass is 382 g/mol. The third kappa shape index (κ3) is 3.59. The van der Waals surface area contributed by atoms with Crippen LogP contribution in [0.4, 0.5) is 18.9 Å². The first-order valence-corrected chi connectivity index (χ1v) is 8.35. The second-order valence-corrected chi connectivity index (χ2v) is 6.10. The number of nitrogens with zero attached hydrogens (tertiary/aromatic N) is 1. The number of hydrogen-bond acceptors (Lipinski definition) is 3. The van der Waals surface area contributed by atoms with Gasteiger partial charge in [-0.2, -0.15) is 13.2 Å². The zero-order valence-corrected chi connectivity index (χ0v) is 14.3. The normalized spacial score (nSPS) is 11.5. The minimum absolute atomic E-state index is 0.0714. The molecule has 0 fully saturated rings. The summed E-state index contributed by atoms with van der Waals surface area (Å²) in [5, 5.41) is 2.58. The van der Waals surface area contributed by atoms with Crippen molar-refractivity contribution in [1.82, 2.24) is 4.98 Å². The van der Waals surface area contributed by atoms with E-state index >= 15 is 0 Å². The Morgan fingerprint density at radius 1 is 0.929 bits per heavy atom. The summed E-state index contributed by atoms with van der Waals surface area (Å²) in [7, 11) is 0. The van der Waals surface area contributed by atoms with Gasteiger partial charge in [0.25, 0.3) is 5.91 Å². The van der Waals surface area contributed by atoms with Crippen LogP contribution in [0.5, 0.6) is 0 Å². The van der Waals surface area contributed by atoms with E-state index in [1.54, 1.807) is 24.3 Å². The van der Waals surface area contributed by atoms with Gasteiger partial charge < -0.3 is 9.73 Å². The van der Waals surface area contributed by atoms with Crippen molar-refractivity contribution >= 4 is 22.7 Å². The van der Waals surface area contributed by atoms with Gasteiger partial charge in [-0.25, -0.2) is 4.98 Å². The maximum atomic E-state index is 12.8. The zero-order valence-electron chi connectivity index (χ0n) is 14.3. The standard InChI is InChI=1S/C21H13F3N2O2/c22-21(23,24)15-5-3-4-14(12-15)19(27)25-16-10-8-13(9-11-16)20-26-17-6-1-2-7-18(17)28-20/h1-12H,(H,25,27). The molecular formula is C21H13F3N2O2. The smallest absolute Gasteiger partial charge is 0.416 e. The molecule has 1 amide bonds. The van der Waals surface area contributed by atoms with Gasteiger partial charge in [0, 0.05) is 16.8 Å². The van der Waals surface area contributed by atoms with E-state index < -0.39 is 17.6 Å². The van der Waals surface area contributed by atoms with E-state index in [-0.39, 0.29) is 5.56 Å². The first-order valence-electron chi connectivity index (χ1n) is 8.35. The van der Waals surface area contributed by atoms with Crippen molar-refractivity contribution in [2.75, 3.05) is 5.32 Å². The van der Waals surface area contributed by atoms with Crippen molar-refractivity contribution in [2.24, 2.45) is 0 Å². The number of carbonyl (C=O) groups is 1. The van der Waals surface area contributed by atoms with Crippen molar-refractivity contribution in [3.05, 3.63) is 83.9 Å². The molecule has 28 heavy (non-hydrogen) atoms. The molecule has 140 valence electrons. The van der Waals surface area contributed by atoms with Gasteiger partial charge in [0.05, 0.1) is 5.56 Å². The molecule has 1 N–H and O–H groups in total. The van der Waals surface area contributed by atoms with Crippen LogP contribution < -0.4 is 5.32 Å². The summed E-state index contributed by atoms with van der Waals surface area (Å²) in [5.41, 5.74) is 1.62. The Morgan fingerprint density at radius 3 is 2.39 bits per heavy atom. The molecule has 7 heteroatoms. The van der Waals surface area contributed by atoms with Gasteiger partial charge in [-0.1, -0.05) is 18.2 Å². The van der Waals surface area contributed by atoms with E-state index in [0.717, 1.165) is 17.6 Å². The minimum Gasteiger partial charge on any atom is -0.436 e. The first-order chi connectivity index (χ1) is 13.4. The highest BCUT2D eigenvalue weighted by Gasteiger charge is 2.30. The summed E-state index contributed by atoms with van der Waals surface area (Å²) in [6, 6.07) is 18.3. The summed E-state index contributed by atoms with van der Waals surface area (Å²) in [6.07, 6.45) is -4.50. The van der Waals surface area contributed by atoms with Gasteiger partial charge in [0.15, 0.2) is 5.58 Å². The van der Waals surface area contributed by atoms with Crippen LogP contribution >= 0.6 is 0 Å². The fourth-order valence-electron chi connectivity index (χ4n) is 2.73. The molecule has 0 saturated heterocycles. The van der Waals surface area contributed by atoms with Crippen LogP contribution in [0.3, 0.4) is 0 Å². The van der Waals surface area contributed by atoms with Gasteiger partial charge in [-0.3, -0.25) is 4.79 Å². The molecule has 0 atom stereocenters. The number of hydrogen-bond donors (Lipinski definition) is 1. The van der Waals surface area contributed by atoms with E-state index in [0.29, 0.717) is 22.7 Å². The van der Waals surface area contributed by atoms with Crippen LogP contribution in [0, 0.1) is 0 Å². The molecule has 0 unspecified atom stereocenters. The summed E-state index contributed by atoms with van der Waals surface area (Å²) >= 11 is 0. The fraction of sp³-hybridized carbons (Fsp3) is 0.0476. The minimum atomic E-state index is -4.50. The average molecular weight is 382 g/mol. The summed E-state index contributed by atoms with van der Waals surface area (Å²) < 4.78 is 44.1. The van der Waals surface area contributed by atoms with Crippen molar-refractivity contribution in [1.29, 1.82) is 0 Å². The van der Waals surface area contributed by atoms with Crippen molar-refractivity contribution < 1.29 is 22.4 Å². The molecule has 1 heterocycles. The predicted octanol–water partition coefficient (Wildman–Crippen LogP) is 5.77. The molecule has 4 rings (SSSR count). The van der Waals surface area contributed by atoms with Crippen molar-refractivity contribution in [3.63, 3.8) is 0 Å². The number of alkyl halides is 3. The zero-order chi connectivity index (χ0) is 19.7. The van der Waals surface area contributed by atoms with Crippen LogP contribution in [0.15, 0.2) is 77.2 Å². The average Bonchev–Trinajstić information content (AvgIpc) is 3.12. The number of oxazole rings is 1. The largest absolute Gasteiger partial charge is 0.436 e. The predicted molar refractivity (Wildman–Crippen MR) is 98.8 cm³/mol.